The molecule has 0 unspecified atom stereocenters. The van der Waals surface area contributed by atoms with E-state index in [0.717, 1.165) is 6.42 Å². The van der Waals surface area contributed by atoms with E-state index in [0.29, 0.717) is 0 Å². The van der Waals surface area contributed by atoms with Gasteiger partial charge in [0.05, 0.1) is 31.2 Å². The largest absolute Gasteiger partial charge is 0.287 e. The molecule has 0 amide bonds. The molecule has 0 saturated heterocycles. The normalized spacial score (nSPS) is 15.7. The lowest BCUT2D eigenvalue weighted by molar-refractivity contribution is -0.597. The highest BCUT2D eigenvalue weighted by Crippen LogP contribution is 2.41. The summed E-state index contributed by atoms with van der Waals surface area (Å²) in [5.74, 6) is 0. The van der Waals surface area contributed by atoms with Crippen molar-refractivity contribution in [3.05, 3.63) is 127 Å². The molecule has 2 aromatic heterocycles. The summed E-state index contributed by atoms with van der Waals surface area (Å²) < 4.78 is 4.88. The van der Waals surface area contributed by atoms with Gasteiger partial charge in [-0.15, -0.1) is 0 Å². The van der Waals surface area contributed by atoms with Crippen LogP contribution >= 0.6 is 0 Å². The van der Waals surface area contributed by atoms with Crippen molar-refractivity contribution in [2.75, 3.05) is 0 Å². The van der Waals surface area contributed by atoms with Gasteiger partial charge in [0.1, 0.15) is 0 Å². The Morgan fingerprint density at radius 1 is 0.564 bits per heavy atom. The lowest BCUT2D eigenvalue weighted by Gasteiger charge is -2.17. The molecule has 0 atom stereocenters. The molecule has 6 aromatic rings. The first kappa shape index (κ1) is 22.6. The predicted molar refractivity (Wildman–Crippen MR) is 164 cm³/mol. The standard InChI is InChI=1S/C36H30N2Si/c1-39(2,3)27-17-19-38-34(22-27)31-20-26-16-15-24-10-4-6-12-28(24)30(26)23-32(31)36(38)35-21-25-11-5-7-13-29(25)33-14-8-9-18-37(33)35/h4-20,22-23H,21H2,1-3H3/q+2/b36-35+. The van der Waals surface area contributed by atoms with Crippen LogP contribution in [0.25, 0.3) is 55.5 Å². The molecule has 0 radical (unpaired) electrons. The minimum Gasteiger partial charge on any atom is -0.158 e. The van der Waals surface area contributed by atoms with E-state index in [1.54, 1.807) is 0 Å². The van der Waals surface area contributed by atoms with E-state index in [9.17, 15) is 0 Å². The summed E-state index contributed by atoms with van der Waals surface area (Å²) >= 11 is 0. The van der Waals surface area contributed by atoms with Crippen molar-refractivity contribution in [1.82, 2.24) is 0 Å². The number of aromatic nitrogens is 2. The smallest absolute Gasteiger partial charge is 0.158 e. The number of hydrogen-bond donors (Lipinski definition) is 0. The van der Waals surface area contributed by atoms with Crippen LogP contribution in [0.1, 0.15) is 11.1 Å². The monoisotopic (exact) mass is 518 g/mol. The third-order valence-corrected chi connectivity index (χ3v) is 10.6. The topological polar surface area (TPSA) is 7.76 Å². The van der Waals surface area contributed by atoms with Gasteiger partial charge in [-0.1, -0.05) is 74.2 Å². The summed E-state index contributed by atoms with van der Waals surface area (Å²) in [7, 11) is -1.49. The molecule has 2 nitrogen and oxygen atoms in total. The highest BCUT2D eigenvalue weighted by atomic mass is 28.3. The molecular weight excluding hydrogens is 488 g/mol. The number of benzene rings is 4. The zero-order chi connectivity index (χ0) is 26.3. The summed E-state index contributed by atoms with van der Waals surface area (Å²) in [4.78, 5) is 0. The zero-order valence-corrected chi connectivity index (χ0v) is 23.6. The van der Waals surface area contributed by atoms with Crippen LogP contribution in [0.5, 0.6) is 0 Å². The third kappa shape index (κ3) is 3.33. The molecule has 3 heteroatoms. The van der Waals surface area contributed by atoms with Crippen molar-refractivity contribution >= 4 is 46.2 Å². The molecule has 8 rings (SSSR count). The lowest BCUT2D eigenvalue weighted by Crippen LogP contribution is -2.45. The van der Waals surface area contributed by atoms with Crippen molar-refractivity contribution in [2.24, 2.45) is 0 Å². The van der Waals surface area contributed by atoms with Gasteiger partial charge < -0.3 is 0 Å². The highest BCUT2D eigenvalue weighted by molar-refractivity contribution is 6.88. The van der Waals surface area contributed by atoms with Gasteiger partial charge >= 0.3 is 0 Å². The van der Waals surface area contributed by atoms with E-state index in [1.165, 1.54) is 71.8 Å². The van der Waals surface area contributed by atoms with Gasteiger partial charge in [0.25, 0.3) is 11.4 Å². The Hall–Kier alpha value is -4.34. The SMILES string of the molecule is C[Si](C)(C)c1cc[n+]2c(c1)-c1cc3ccc4ccccc4c3cc1/C2=C1/Cc2ccccc2-c2cccc[n+]21. The maximum atomic E-state index is 2.47. The maximum absolute atomic E-state index is 2.47. The summed E-state index contributed by atoms with van der Waals surface area (Å²) in [6.45, 7) is 7.31. The molecule has 0 N–H and O–H groups in total. The van der Waals surface area contributed by atoms with Gasteiger partial charge in [0, 0.05) is 24.3 Å². The Bertz CT molecular complexity index is 2030. The quantitative estimate of drug-likeness (QED) is 0.123. The van der Waals surface area contributed by atoms with E-state index in [4.69, 9.17) is 0 Å². The van der Waals surface area contributed by atoms with E-state index in [1.807, 2.05) is 0 Å². The summed E-state index contributed by atoms with van der Waals surface area (Å²) in [6, 6.07) is 38.5. The Morgan fingerprint density at radius 3 is 2.26 bits per heavy atom. The van der Waals surface area contributed by atoms with Crippen LogP contribution < -0.4 is 14.3 Å². The molecule has 2 aliphatic heterocycles. The number of fused-ring (bicyclic) bond motifs is 9. The molecule has 0 aliphatic carbocycles. The van der Waals surface area contributed by atoms with Crippen molar-refractivity contribution in [3.63, 3.8) is 0 Å². The van der Waals surface area contributed by atoms with Gasteiger partial charge in [0.2, 0.25) is 11.4 Å². The van der Waals surface area contributed by atoms with Gasteiger partial charge in [-0.3, -0.25) is 0 Å². The summed E-state index contributed by atoms with van der Waals surface area (Å²) in [5, 5.41) is 6.71. The first-order chi connectivity index (χ1) is 19.0. The van der Waals surface area contributed by atoms with Crippen molar-refractivity contribution in [1.29, 1.82) is 0 Å². The summed E-state index contributed by atoms with van der Waals surface area (Å²) in [5.41, 5.74) is 10.5. The van der Waals surface area contributed by atoms with Crippen LogP contribution in [0.4, 0.5) is 0 Å². The van der Waals surface area contributed by atoms with Crippen LogP contribution in [0, 0.1) is 0 Å². The van der Waals surface area contributed by atoms with Crippen LogP contribution in [0.3, 0.4) is 0 Å². The summed E-state index contributed by atoms with van der Waals surface area (Å²) in [6.07, 6.45) is 5.46. The van der Waals surface area contributed by atoms with Crippen molar-refractivity contribution in [3.8, 4) is 22.5 Å². The van der Waals surface area contributed by atoms with Crippen LogP contribution in [0.2, 0.25) is 19.6 Å². The molecular formula is C36H30N2Si+2. The Balaban J connectivity index is 1.50. The minimum absolute atomic E-state index is 0.891. The van der Waals surface area contributed by atoms with E-state index in [2.05, 4.69) is 144 Å². The fourth-order valence-corrected chi connectivity index (χ4v) is 7.69. The minimum atomic E-state index is -1.49. The van der Waals surface area contributed by atoms with Crippen LogP contribution in [-0.2, 0) is 6.42 Å². The van der Waals surface area contributed by atoms with Gasteiger partial charge in [-0.05, 0) is 56.6 Å². The second kappa shape index (κ2) is 8.08. The second-order valence-corrected chi connectivity index (χ2v) is 17.0. The fraction of sp³-hybridized carbons (Fsp3) is 0.111. The molecule has 186 valence electrons. The molecule has 4 aromatic carbocycles. The number of pyridine rings is 2. The van der Waals surface area contributed by atoms with Gasteiger partial charge in [-0.25, -0.2) is 0 Å². The van der Waals surface area contributed by atoms with Gasteiger partial charge in [0.15, 0.2) is 12.4 Å². The molecule has 0 fully saturated rings. The second-order valence-electron chi connectivity index (χ2n) is 11.9. The molecule has 4 heterocycles. The number of hydrogen-bond acceptors (Lipinski definition) is 0. The third-order valence-electron chi connectivity index (χ3n) is 8.55. The first-order valence-electron chi connectivity index (χ1n) is 13.8. The first-order valence-corrected chi connectivity index (χ1v) is 17.3. The lowest BCUT2D eigenvalue weighted by atomic mass is 9.92. The van der Waals surface area contributed by atoms with Crippen molar-refractivity contribution < 1.29 is 9.13 Å². The fourth-order valence-electron chi connectivity index (χ4n) is 6.54. The molecule has 2 aliphatic rings. The predicted octanol–water partition coefficient (Wildman–Crippen LogP) is 7.19. The average molecular weight is 519 g/mol. The van der Waals surface area contributed by atoms with Crippen molar-refractivity contribution in [2.45, 2.75) is 26.1 Å². The Kier molecular flexibility index (Phi) is 4.69. The highest BCUT2D eigenvalue weighted by Gasteiger charge is 2.42. The maximum Gasteiger partial charge on any atom is 0.287 e. The van der Waals surface area contributed by atoms with Crippen LogP contribution in [0.15, 0.2) is 116 Å². The number of nitrogens with zero attached hydrogens (tertiary/aromatic N) is 2. The Labute approximate surface area is 230 Å². The Morgan fingerprint density at radius 2 is 1.36 bits per heavy atom. The molecule has 0 saturated carbocycles. The molecule has 39 heavy (non-hydrogen) atoms. The molecule has 0 bridgehead atoms. The van der Waals surface area contributed by atoms with Crippen LogP contribution in [-0.4, -0.2) is 8.07 Å². The van der Waals surface area contributed by atoms with E-state index >= 15 is 0 Å². The number of allylic oxidation sites excluding steroid dienone is 1. The number of rotatable bonds is 1. The van der Waals surface area contributed by atoms with E-state index < -0.39 is 8.07 Å². The van der Waals surface area contributed by atoms with E-state index in [-0.39, 0.29) is 0 Å². The zero-order valence-electron chi connectivity index (χ0n) is 22.6. The average Bonchev–Trinajstić information content (AvgIpc) is 3.27. The van der Waals surface area contributed by atoms with Gasteiger partial charge in [-0.2, -0.15) is 9.13 Å². The molecule has 0 spiro atoms.